The highest BCUT2D eigenvalue weighted by molar-refractivity contribution is 5.84. The third kappa shape index (κ3) is 2.01. The number of ether oxygens (including phenoxy) is 1. The van der Waals surface area contributed by atoms with Crippen LogP contribution in [0, 0.1) is 0 Å². The van der Waals surface area contributed by atoms with Crippen molar-refractivity contribution < 1.29 is 4.74 Å². The van der Waals surface area contributed by atoms with E-state index in [2.05, 4.69) is 6.07 Å². The molecule has 3 nitrogen and oxygen atoms in total. The van der Waals surface area contributed by atoms with E-state index in [0.717, 1.165) is 22.1 Å². The molecule has 0 aromatic heterocycles. The van der Waals surface area contributed by atoms with Gasteiger partial charge in [0.25, 0.3) is 0 Å². The van der Waals surface area contributed by atoms with Crippen LogP contribution in [-0.2, 0) is 0 Å². The molecular weight excluding hydrogens is 200 g/mol. The molecule has 0 radical (unpaired) electrons. The fourth-order valence-electron chi connectivity index (χ4n) is 1.74. The molecule has 4 N–H and O–H groups in total. The largest absolute Gasteiger partial charge is 0.497 e. The second-order valence-corrected chi connectivity index (χ2v) is 3.81. The van der Waals surface area contributed by atoms with E-state index >= 15 is 0 Å². The highest BCUT2D eigenvalue weighted by Gasteiger charge is 2.04. The minimum absolute atomic E-state index is 0.0912. The lowest BCUT2D eigenvalue weighted by atomic mass is 10.0. The van der Waals surface area contributed by atoms with Crippen LogP contribution in [0.25, 0.3) is 10.8 Å². The fraction of sp³-hybridized carbons (Fsp3) is 0.231. The third-order valence-electron chi connectivity index (χ3n) is 2.75. The minimum atomic E-state index is -0.0912. The molecule has 16 heavy (non-hydrogen) atoms. The molecule has 0 aliphatic heterocycles. The lowest BCUT2D eigenvalue weighted by Gasteiger charge is -2.10. The molecule has 1 atom stereocenters. The average molecular weight is 216 g/mol. The molecule has 0 aliphatic carbocycles. The van der Waals surface area contributed by atoms with Crippen LogP contribution in [0.2, 0.25) is 0 Å². The van der Waals surface area contributed by atoms with Crippen LogP contribution in [0.5, 0.6) is 5.75 Å². The van der Waals surface area contributed by atoms with E-state index in [-0.39, 0.29) is 6.04 Å². The molecule has 2 rings (SSSR count). The molecule has 3 heteroatoms. The van der Waals surface area contributed by atoms with Gasteiger partial charge in [0.15, 0.2) is 0 Å². The smallest absolute Gasteiger partial charge is 0.119 e. The molecule has 2 aromatic carbocycles. The van der Waals surface area contributed by atoms with Gasteiger partial charge in [0.05, 0.1) is 7.11 Å². The highest BCUT2D eigenvalue weighted by Crippen LogP contribution is 2.23. The van der Waals surface area contributed by atoms with Gasteiger partial charge in [0, 0.05) is 12.6 Å². The van der Waals surface area contributed by atoms with Crippen molar-refractivity contribution >= 4 is 10.8 Å². The molecule has 0 heterocycles. The first kappa shape index (κ1) is 10.9. The van der Waals surface area contributed by atoms with E-state index in [0.29, 0.717) is 6.54 Å². The summed E-state index contributed by atoms with van der Waals surface area (Å²) < 4.78 is 5.18. The first-order valence-electron chi connectivity index (χ1n) is 5.28. The van der Waals surface area contributed by atoms with Crippen molar-refractivity contribution in [3.63, 3.8) is 0 Å². The SMILES string of the molecule is COc1ccc2cc([C@@H](N)CN)ccc2c1. The van der Waals surface area contributed by atoms with E-state index < -0.39 is 0 Å². The molecular formula is C13H16N2O. The van der Waals surface area contributed by atoms with E-state index in [9.17, 15) is 0 Å². The Balaban J connectivity index is 2.47. The number of hydrogen-bond acceptors (Lipinski definition) is 3. The minimum Gasteiger partial charge on any atom is -0.497 e. The zero-order valence-corrected chi connectivity index (χ0v) is 9.31. The molecule has 0 fully saturated rings. The van der Waals surface area contributed by atoms with Crippen molar-refractivity contribution in [3.8, 4) is 5.75 Å². The van der Waals surface area contributed by atoms with E-state index in [4.69, 9.17) is 16.2 Å². The van der Waals surface area contributed by atoms with Crippen LogP contribution in [0.1, 0.15) is 11.6 Å². The van der Waals surface area contributed by atoms with Crippen LogP contribution in [-0.4, -0.2) is 13.7 Å². The van der Waals surface area contributed by atoms with Crippen molar-refractivity contribution in [1.29, 1.82) is 0 Å². The molecule has 0 unspecified atom stereocenters. The lowest BCUT2D eigenvalue weighted by molar-refractivity contribution is 0.415. The Morgan fingerprint density at radius 1 is 1.12 bits per heavy atom. The van der Waals surface area contributed by atoms with Crippen LogP contribution in [0.15, 0.2) is 36.4 Å². The van der Waals surface area contributed by atoms with Gasteiger partial charge in [-0.3, -0.25) is 0 Å². The topological polar surface area (TPSA) is 61.3 Å². The van der Waals surface area contributed by atoms with E-state index in [1.165, 1.54) is 0 Å². The van der Waals surface area contributed by atoms with Crippen molar-refractivity contribution in [2.75, 3.05) is 13.7 Å². The van der Waals surface area contributed by atoms with Gasteiger partial charge in [-0.25, -0.2) is 0 Å². The third-order valence-corrected chi connectivity index (χ3v) is 2.75. The van der Waals surface area contributed by atoms with Gasteiger partial charge in [0.2, 0.25) is 0 Å². The Morgan fingerprint density at radius 3 is 2.50 bits per heavy atom. The van der Waals surface area contributed by atoms with Crippen molar-refractivity contribution in [2.24, 2.45) is 11.5 Å². The Kier molecular flexibility index (Phi) is 3.08. The molecule has 0 aliphatic rings. The van der Waals surface area contributed by atoms with Gasteiger partial charge >= 0.3 is 0 Å². The summed E-state index contributed by atoms with van der Waals surface area (Å²) in [4.78, 5) is 0. The number of methoxy groups -OCH3 is 1. The van der Waals surface area contributed by atoms with Gasteiger partial charge in [-0.2, -0.15) is 0 Å². The Hall–Kier alpha value is -1.58. The van der Waals surface area contributed by atoms with Gasteiger partial charge in [0.1, 0.15) is 5.75 Å². The van der Waals surface area contributed by atoms with Crippen LogP contribution in [0.3, 0.4) is 0 Å². The summed E-state index contributed by atoms with van der Waals surface area (Å²) in [5.41, 5.74) is 12.5. The van der Waals surface area contributed by atoms with Crippen molar-refractivity contribution in [3.05, 3.63) is 42.0 Å². The van der Waals surface area contributed by atoms with Crippen LogP contribution in [0.4, 0.5) is 0 Å². The predicted molar refractivity (Wildman–Crippen MR) is 66.5 cm³/mol. The molecule has 2 aromatic rings. The Morgan fingerprint density at radius 2 is 1.81 bits per heavy atom. The zero-order chi connectivity index (χ0) is 11.5. The predicted octanol–water partition coefficient (Wildman–Crippen LogP) is 1.81. The Labute approximate surface area is 95.0 Å². The van der Waals surface area contributed by atoms with Gasteiger partial charge in [-0.05, 0) is 34.5 Å². The number of nitrogens with two attached hydrogens (primary N) is 2. The summed E-state index contributed by atoms with van der Waals surface area (Å²) in [5.74, 6) is 0.864. The summed E-state index contributed by atoms with van der Waals surface area (Å²) >= 11 is 0. The van der Waals surface area contributed by atoms with Gasteiger partial charge in [-0.15, -0.1) is 0 Å². The average Bonchev–Trinajstić information content (AvgIpc) is 2.36. The number of benzene rings is 2. The summed E-state index contributed by atoms with van der Waals surface area (Å²) in [6.45, 7) is 0.460. The van der Waals surface area contributed by atoms with E-state index in [1.54, 1.807) is 7.11 Å². The number of hydrogen-bond donors (Lipinski definition) is 2. The summed E-state index contributed by atoms with van der Waals surface area (Å²) in [6, 6.07) is 12.0. The maximum Gasteiger partial charge on any atom is 0.119 e. The summed E-state index contributed by atoms with van der Waals surface area (Å²) in [5, 5.41) is 2.30. The first-order chi connectivity index (χ1) is 7.74. The standard InChI is InChI=1S/C13H16N2O/c1-16-12-5-4-9-6-11(13(15)8-14)3-2-10(9)7-12/h2-7,13H,8,14-15H2,1H3/t13-/m0/s1. The normalized spacial score (nSPS) is 12.7. The lowest BCUT2D eigenvalue weighted by Crippen LogP contribution is -2.20. The summed E-state index contributed by atoms with van der Waals surface area (Å²) in [6.07, 6.45) is 0. The van der Waals surface area contributed by atoms with Gasteiger partial charge < -0.3 is 16.2 Å². The Bertz CT molecular complexity index is 496. The number of rotatable bonds is 3. The molecule has 0 spiro atoms. The van der Waals surface area contributed by atoms with Crippen molar-refractivity contribution in [1.82, 2.24) is 0 Å². The quantitative estimate of drug-likeness (QED) is 0.822. The van der Waals surface area contributed by atoms with Crippen LogP contribution < -0.4 is 16.2 Å². The van der Waals surface area contributed by atoms with Crippen molar-refractivity contribution in [2.45, 2.75) is 6.04 Å². The molecule has 0 bridgehead atoms. The van der Waals surface area contributed by atoms with Gasteiger partial charge in [-0.1, -0.05) is 18.2 Å². The molecule has 0 saturated heterocycles. The summed E-state index contributed by atoms with van der Waals surface area (Å²) in [7, 11) is 1.67. The first-order valence-corrected chi connectivity index (χ1v) is 5.28. The molecule has 0 saturated carbocycles. The zero-order valence-electron chi connectivity index (χ0n) is 9.31. The molecule has 0 amide bonds. The monoisotopic (exact) mass is 216 g/mol. The highest BCUT2D eigenvalue weighted by atomic mass is 16.5. The molecule has 84 valence electrons. The number of fused-ring (bicyclic) bond motifs is 1. The fourth-order valence-corrected chi connectivity index (χ4v) is 1.74. The maximum atomic E-state index is 5.89. The van der Waals surface area contributed by atoms with E-state index in [1.807, 2.05) is 30.3 Å². The maximum absolute atomic E-state index is 5.89. The second-order valence-electron chi connectivity index (χ2n) is 3.81. The second kappa shape index (κ2) is 4.51. The van der Waals surface area contributed by atoms with Crippen LogP contribution >= 0.6 is 0 Å².